The molecule has 3 rings (SSSR count). The molecule has 0 aliphatic rings. The van der Waals surface area contributed by atoms with Crippen LogP contribution in [-0.4, -0.2) is 9.97 Å². The summed E-state index contributed by atoms with van der Waals surface area (Å²) in [6.07, 6.45) is 0. The lowest BCUT2D eigenvalue weighted by molar-refractivity contribution is 1.33. The van der Waals surface area contributed by atoms with E-state index in [9.17, 15) is 0 Å². The van der Waals surface area contributed by atoms with E-state index in [-0.39, 0.29) is 0 Å². The molecular weight excluding hydrogens is 250 g/mol. The van der Waals surface area contributed by atoms with Gasteiger partial charge in [-0.25, -0.2) is 9.97 Å². The summed E-state index contributed by atoms with van der Waals surface area (Å²) in [6, 6.07) is 7.77. The smallest absolute Gasteiger partial charge is 0.126 e. The molecule has 0 radical (unpaired) electrons. The second kappa shape index (κ2) is 4.27. The number of nitrogen functional groups attached to an aromatic ring is 1. The Morgan fingerprint density at radius 2 is 1.94 bits per heavy atom. The van der Waals surface area contributed by atoms with E-state index >= 15 is 0 Å². The lowest BCUT2D eigenvalue weighted by Crippen LogP contribution is -1.88. The molecule has 0 saturated heterocycles. The van der Waals surface area contributed by atoms with Gasteiger partial charge >= 0.3 is 0 Å². The monoisotopic (exact) mass is 259 g/mol. The van der Waals surface area contributed by atoms with Crippen LogP contribution in [-0.2, 0) is 0 Å². The number of anilines is 1. The molecule has 2 heterocycles. The molecule has 0 saturated carbocycles. The van der Waals surface area contributed by atoms with E-state index in [0.717, 1.165) is 27.6 Å². The number of nitrogens with zero attached hydrogens (tertiary/aromatic N) is 2. The van der Waals surface area contributed by atoms with E-state index in [0.29, 0.717) is 0 Å². The van der Waals surface area contributed by atoms with Crippen molar-refractivity contribution in [3.63, 3.8) is 0 Å². The fraction of sp³-hybridized carbons (Fsp3) is 0. The molecule has 0 unspecified atom stereocenters. The number of hydrogen-bond acceptors (Lipinski definition) is 5. The average Bonchev–Trinajstić information content (AvgIpc) is 3.00. The van der Waals surface area contributed by atoms with Crippen molar-refractivity contribution in [2.75, 3.05) is 5.73 Å². The number of benzene rings is 1. The fourth-order valence-electron chi connectivity index (χ4n) is 1.55. The molecular formula is C12H9N3S2. The van der Waals surface area contributed by atoms with E-state index in [1.165, 1.54) is 0 Å². The van der Waals surface area contributed by atoms with E-state index in [1.807, 2.05) is 40.5 Å². The molecule has 3 aromatic rings. The number of hydrogen-bond donors (Lipinski definition) is 1. The van der Waals surface area contributed by atoms with Gasteiger partial charge < -0.3 is 5.73 Å². The Hall–Kier alpha value is -1.72. The molecule has 2 aromatic heterocycles. The molecule has 2 N–H and O–H groups in total. The minimum Gasteiger partial charge on any atom is -0.398 e. The van der Waals surface area contributed by atoms with Gasteiger partial charge in [0.25, 0.3) is 0 Å². The van der Waals surface area contributed by atoms with Gasteiger partial charge in [-0.05, 0) is 12.1 Å². The summed E-state index contributed by atoms with van der Waals surface area (Å²) in [5, 5.41) is 4.94. The number of aromatic nitrogens is 2. The zero-order valence-electron chi connectivity index (χ0n) is 8.83. The zero-order valence-corrected chi connectivity index (χ0v) is 10.5. The predicted molar refractivity (Wildman–Crippen MR) is 73.1 cm³/mol. The highest BCUT2D eigenvalue weighted by Gasteiger charge is 2.09. The van der Waals surface area contributed by atoms with Crippen LogP contribution in [0.2, 0.25) is 0 Å². The van der Waals surface area contributed by atoms with Gasteiger partial charge in [0.15, 0.2) is 0 Å². The lowest BCUT2D eigenvalue weighted by Gasteiger charge is -1.99. The van der Waals surface area contributed by atoms with Crippen molar-refractivity contribution >= 4 is 28.4 Å². The lowest BCUT2D eigenvalue weighted by atomic mass is 10.2. The van der Waals surface area contributed by atoms with Crippen LogP contribution in [0.1, 0.15) is 0 Å². The molecule has 0 spiro atoms. The van der Waals surface area contributed by atoms with Crippen molar-refractivity contribution < 1.29 is 0 Å². The third kappa shape index (κ3) is 1.94. The first-order valence-electron chi connectivity index (χ1n) is 5.03. The van der Waals surface area contributed by atoms with Gasteiger partial charge in [0.1, 0.15) is 16.4 Å². The Bertz CT molecular complexity index is 629. The Morgan fingerprint density at radius 3 is 2.71 bits per heavy atom. The van der Waals surface area contributed by atoms with E-state index in [4.69, 9.17) is 5.73 Å². The normalized spacial score (nSPS) is 10.6. The highest BCUT2D eigenvalue weighted by Crippen LogP contribution is 2.31. The second-order valence-electron chi connectivity index (χ2n) is 3.50. The van der Waals surface area contributed by atoms with E-state index < -0.39 is 0 Å². The maximum atomic E-state index is 5.93. The highest BCUT2D eigenvalue weighted by molar-refractivity contribution is 7.13. The van der Waals surface area contributed by atoms with Crippen LogP contribution in [0.4, 0.5) is 5.69 Å². The molecule has 0 aliphatic carbocycles. The molecule has 0 fully saturated rings. The van der Waals surface area contributed by atoms with Crippen molar-refractivity contribution in [1.29, 1.82) is 0 Å². The van der Waals surface area contributed by atoms with Gasteiger partial charge in [-0.3, -0.25) is 0 Å². The summed E-state index contributed by atoms with van der Waals surface area (Å²) < 4.78 is 0. The maximum Gasteiger partial charge on any atom is 0.126 e. The van der Waals surface area contributed by atoms with Crippen LogP contribution in [0.5, 0.6) is 0 Å². The Morgan fingerprint density at radius 1 is 1.06 bits per heavy atom. The molecule has 0 aliphatic heterocycles. The number of rotatable bonds is 2. The Balaban J connectivity index is 2.04. The third-order valence-corrected chi connectivity index (χ3v) is 3.85. The predicted octanol–water partition coefficient (Wildman–Crippen LogP) is 3.52. The summed E-state index contributed by atoms with van der Waals surface area (Å²) in [6.45, 7) is 0. The van der Waals surface area contributed by atoms with Crippen LogP contribution in [0, 0.1) is 0 Å². The summed E-state index contributed by atoms with van der Waals surface area (Å²) in [7, 11) is 0. The van der Waals surface area contributed by atoms with Gasteiger partial charge in [-0.1, -0.05) is 12.1 Å². The third-order valence-electron chi connectivity index (χ3n) is 2.39. The topological polar surface area (TPSA) is 51.8 Å². The standard InChI is InChI=1S/C12H9N3S2/c13-9-4-2-1-3-8(9)12-15-11(6-17-12)10-5-16-7-14-10/h1-7H,13H2. The average molecular weight is 259 g/mol. The Kier molecular flexibility index (Phi) is 2.62. The molecule has 17 heavy (non-hydrogen) atoms. The van der Waals surface area contributed by atoms with E-state index in [2.05, 4.69) is 9.97 Å². The summed E-state index contributed by atoms with van der Waals surface area (Å²) >= 11 is 3.16. The van der Waals surface area contributed by atoms with Crippen molar-refractivity contribution in [3.05, 3.63) is 40.5 Å². The molecule has 3 nitrogen and oxygen atoms in total. The number of para-hydroxylation sites is 1. The van der Waals surface area contributed by atoms with Crippen LogP contribution in [0.3, 0.4) is 0 Å². The van der Waals surface area contributed by atoms with Crippen molar-refractivity contribution in [3.8, 4) is 22.0 Å². The van der Waals surface area contributed by atoms with Crippen molar-refractivity contribution in [2.45, 2.75) is 0 Å². The summed E-state index contributed by atoms with van der Waals surface area (Å²) in [5.41, 5.74) is 11.3. The molecule has 5 heteroatoms. The number of thiazole rings is 2. The summed E-state index contributed by atoms with van der Waals surface area (Å²) in [4.78, 5) is 8.81. The molecule has 0 bridgehead atoms. The molecule has 0 amide bonds. The van der Waals surface area contributed by atoms with Crippen LogP contribution < -0.4 is 5.73 Å². The minimum atomic E-state index is 0.756. The maximum absolute atomic E-state index is 5.93. The second-order valence-corrected chi connectivity index (χ2v) is 5.08. The summed E-state index contributed by atoms with van der Waals surface area (Å²) in [5.74, 6) is 0. The fourth-order valence-corrected chi connectivity index (χ4v) is 2.95. The first kappa shape index (κ1) is 10.4. The highest BCUT2D eigenvalue weighted by atomic mass is 32.1. The number of nitrogens with two attached hydrogens (primary N) is 1. The van der Waals surface area contributed by atoms with Gasteiger partial charge in [-0.2, -0.15) is 0 Å². The van der Waals surface area contributed by atoms with Crippen LogP contribution in [0.25, 0.3) is 22.0 Å². The van der Waals surface area contributed by atoms with Gasteiger partial charge in [0, 0.05) is 22.0 Å². The van der Waals surface area contributed by atoms with Gasteiger partial charge in [-0.15, -0.1) is 22.7 Å². The largest absolute Gasteiger partial charge is 0.398 e. The van der Waals surface area contributed by atoms with Crippen molar-refractivity contribution in [2.24, 2.45) is 0 Å². The van der Waals surface area contributed by atoms with Crippen molar-refractivity contribution in [1.82, 2.24) is 9.97 Å². The zero-order chi connectivity index (χ0) is 11.7. The minimum absolute atomic E-state index is 0.756. The quantitative estimate of drug-likeness (QED) is 0.716. The molecule has 0 atom stereocenters. The molecule has 1 aromatic carbocycles. The van der Waals surface area contributed by atoms with Crippen LogP contribution >= 0.6 is 22.7 Å². The first-order valence-corrected chi connectivity index (χ1v) is 6.86. The van der Waals surface area contributed by atoms with Crippen LogP contribution in [0.15, 0.2) is 40.5 Å². The first-order chi connectivity index (χ1) is 8.34. The molecule has 84 valence electrons. The van der Waals surface area contributed by atoms with Gasteiger partial charge in [0.05, 0.1) is 5.51 Å². The van der Waals surface area contributed by atoms with Gasteiger partial charge in [0.2, 0.25) is 0 Å². The Labute approximate surface area is 107 Å². The SMILES string of the molecule is Nc1ccccc1-c1nc(-c2cscn2)cs1. The van der Waals surface area contributed by atoms with E-state index in [1.54, 1.807) is 22.7 Å².